The predicted octanol–water partition coefficient (Wildman–Crippen LogP) is 5.54. The molecule has 45 heavy (non-hydrogen) atoms. The van der Waals surface area contributed by atoms with E-state index in [2.05, 4.69) is 20.1 Å². The lowest BCUT2D eigenvalue weighted by Crippen LogP contribution is -2.60. The summed E-state index contributed by atoms with van der Waals surface area (Å²) < 4.78 is 31.4. The number of halogens is 2. The minimum atomic E-state index is -1.67. The van der Waals surface area contributed by atoms with Crippen LogP contribution in [0.2, 0.25) is 0 Å². The van der Waals surface area contributed by atoms with Crippen molar-refractivity contribution in [1.82, 2.24) is 0 Å². The Morgan fingerprint density at radius 1 is 1.20 bits per heavy atom. The highest BCUT2D eigenvalue weighted by Gasteiger charge is 2.60. The molecule has 0 saturated carbocycles. The molecule has 5 rings (SSSR count). The van der Waals surface area contributed by atoms with E-state index in [0.29, 0.717) is 30.4 Å². The molecule has 3 fully saturated rings. The maximum absolute atomic E-state index is 14.2. The molecule has 2 N–H and O–H groups in total. The molecule has 0 aromatic rings. The number of alkyl halides is 2. The third kappa shape index (κ3) is 6.77. The van der Waals surface area contributed by atoms with Gasteiger partial charge < -0.3 is 33.9 Å². The molecule has 0 radical (unpaired) electrons. The molecule has 0 aromatic heterocycles. The lowest BCUT2D eigenvalue weighted by Gasteiger charge is -2.52. The largest absolute Gasteiger partial charge is 0.462 e. The van der Waals surface area contributed by atoms with Crippen LogP contribution < -0.4 is 0 Å². The highest BCUT2D eigenvalue weighted by molar-refractivity contribution is 6.22. The SMILES string of the molecule is C=C1C[C@@H](C)/C=C/C=C2\CO[C@@H]3[C@H](OC)C(C)=C[C@@H](C(=O)O[C@H]4C[C@@H](CC1Cl)O[C@]1(C4)C[C@H](O)[C@H](C)[C@@H](C(=C)C(C)Cl)O1)[C@]23O. The molecule has 0 aromatic carbocycles. The Morgan fingerprint density at radius 3 is 2.62 bits per heavy atom. The smallest absolute Gasteiger partial charge is 0.316 e. The first-order valence-electron chi connectivity index (χ1n) is 16.0. The lowest BCUT2D eigenvalue weighted by molar-refractivity contribution is -0.343. The van der Waals surface area contributed by atoms with Gasteiger partial charge in [0.15, 0.2) is 5.79 Å². The Labute approximate surface area is 277 Å². The number of hydrogen-bond donors (Lipinski definition) is 2. The number of allylic oxidation sites excluding steroid dienone is 4. The number of aliphatic hydroxyl groups excluding tert-OH is 1. The van der Waals surface area contributed by atoms with Crippen LogP contribution in [0.3, 0.4) is 0 Å². The molecule has 2 unspecified atom stereocenters. The number of ether oxygens (including phenoxy) is 5. The van der Waals surface area contributed by atoms with Gasteiger partial charge in [0, 0.05) is 32.3 Å². The Balaban J connectivity index is 1.54. The van der Waals surface area contributed by atoms with E-state index in [1.807, 2.05) is 39.0 Å². The summed E-state index contributed by atoms with van der Waals surface area (Å²) in [6.07, 6.45) is 5.55. The minimum Gasteiger partial charge on any atom is -0.462 e. The second-order valence-electron chi connectivity index (χ2n) is 13.7. The summed E-state index contributed by atoms with van der Waals surface area (Å²) in [6, 6.07) is 0. The van der Waals surface area contributed by atoms with E-state index in [4.69, 9.17) is 46.9 Å². The van der Waals surface area contributed by atoms with Gasteiger partial charge in [-0.3, -0.25) is 4.79 Å². The first-order valence-corrected chi connectivity index (χ1v) is 16.9. The predicted molar refractivity (Wildman–Crippen MR) is 173 cm³/mol. The average molecular weight is 668 g/mol. The Bertz CT molecular complexity index is 1260. The van der Waals surface area contributed by atoms with Crippen LogP contribution in [-0.4, -0.2) is 88.7 Å². The number of carbonyl (C=O) groups excluding carboxylic acids is 1. The maximum atomic E-state index is 14.2. The first-order chi connectivity index (χ1) is 21.2. The number of methoxy groups -OCH3 is 1. The van der Waals surface area contributed by atoms with Crippen molar-refractivity contribution in [2.75, 3.05) is 13.7 Å². The van der Waals surface area contributed by atoms with Crippen LogP contribution >= 0.6 is 23.2 Å². The summed E-state index contributed by atoms with van der Waals surface area (Å²) in [5.41, 5.74) is 1.20. The summed E-state index contributed by atoms with van der Waals surface area (Å²) in [4.78, 5) is 14.2. The standard InChI is InChI=1S/C35H48Cl2O8/c1-18-9-8-10-24-17-42-32-30(41-7)20(3)12-27(35(24,32)40)33(39)43-26-13-25(14-28(37)19(2)11-18)44-34(15-26)16-29(38)22(5)31(45-34)21(4)23(6)36/h8-10,12,18,22-23,25-32,38,40H,2,4,11,13-17H2,1,3,5-7H3/b9-8+,24-10+/t18-,22-,23?,25-,26-,27-,28?,29-,30+,31+,32+,34-,35+/m0/s1. The highest BCUT2D eigenvalue weighted by Crippen LogP contribution is 2.48. The van der Waals surface area contributed by atoms with Crippen LogP contribution in [0.1, 0.15) is 59.8 Å². The van der Waals surface area contributed by atoms with Gasteiger partial charge in [-0.05, 0) is 49.3 Å². The zero-order valence-electron chi connectivity index (χ0n) is 26.9. The summed E-state index contributed by atoms with van der Waals surface area (Å²) in [5.74, 6) is -3.02. The van der Waals surface area contributed by atoms with E-state index in [9.17, 15) is 15.0 Å². The van der Waals surface area contributed by atoms with E-state index in [0.717, 1.165) is 11.1 Å². The van der Waals surface area contributed by atoms with E-state index in [-0.39, 0.29) is 36.7 Å². The second-order valence-corrected chi connectivity index (χ2v) is 14.9. The molecule has 250 valence electrons. The Morgan fingerprint density at radius 2 is 1.93 bits per heavy atom. The van der Waals surface area contributed by atoms with Gasteiger partial charge in [-0.1, -0.05) is 56.9 Å². The van der Waals surface area contributed by atoms with Crippen molar-refractivity contribution >= 4 is 29.2 Å². The van der Waals surface area contributed by atoms with Gasteiger partial charge in [0.1, 0.15) is 29.8 Å². The van der Waals surface area contributed by atoms with Gasteiger partial charge in [0.2, 0.25) is 0 Å². The molecule has 10 heteroatoms. The molecular formula is C35H48Cl2O8. The third-order valence-corrected chi connectivity index (χ3v) is 11.1. The molecule has 2 bridgehead atoms. The number of carbonyl (C=O) groups is 1. The van der Waals surface area contributed by atoms with Crippen molar-refractivity contribution < 1.29 is 38.7 Å². The van der Waals surface area contributed by atoms with Gasteiger partial charge in [0.25, 0.3) is 0 Å². The number of aliphatic hydroxyl groups is 2. The van der Waals surface area contributed by atoms with Crippen LogP contribution in [0.5, 0.6) is 0 Å². The van der Waals surface area contributed by atoms with Crippen molar-refractivity contribution in [3.8, 4) is 0 Å². The zero-order chi connectivity index (χ0) is 32.8. The van der Waals surface area contributed by atoms with Crippen LogP contribution in [0, 0.1) is 17.8 Å². The molecule has 1 aliphatic carbocycles. The summed E-state index contributed by atoms with van der Waals surface area (Å²) >= 11 is 13.3. The van der Waals surface area contributed by atoms with Gasteiger partial charge in [-0.15, -0.1) is 23.2 Å². The van der Waals surface area contributed by atoms with Crippen LogP contribution in [0.15, 0.2) is 59.8 Å². The first kappa shape index (κ1) is 34.8. The quantitative estimate of drug-likeness (QED) is 0.230. The monoisotopic (exact) mass is 666 g/mol. The van der Waals surface area contributed by atoms with E-state index in [1.54, 1.807) is 13.2 Å². The molecule has 13 atom stereocenters. The summed E-state index contributed by atoms with van der Waals surface area (Å²) in [5, 5.41) is 22.8. The average Bonchev–Trinajstić information content (AvgIpc) is 3.29. The van der Waals surface area contributed by atoms with Gasteiger partial charge in [0.05, 0.1) is 35.7 Å². The fraction of sp³-hybridized carbons (Fsp3) is 0.686. The van der Waals surface area contributed by atoms with E-state index in [1.165, 1.54) is 0 Å². The molecule has 3 saturated heterocycles. The van der Waals surface area contributed by atoms with Crippen molar-refractivity contribution in [2.45, 2.75) is 119 Å². The Kier molecular flexibility index (Phi) is 10.5. The number of rotatable bonds is 3. The summed E-state index contributed by atoms with van der Waals surface area (Å²) in [7, 11) is 1.57. The van der Waals surface area contributed by atoms with Crippen molar-refractivity contribution in [3.63, 3.8) is 0 Å². The van der Waals surface area contributed by atoms with E-state index >= 15 is 0 Å². The molecule has 8 nitrogen and oxygen atoms in total. The second kappa shape index (κ2) is 13.6. The minimum absolute atomic E-state index is 0.117. The molecule has 4 aliphatic heterocycles. The fourth-order valence-electron chi connectivity index (χ4n) is 7.67. The molecule has 1 spiro atoms. The van der Waals surface area contributed by atoms with Crippen molar-refractivity contribution in [2.24, 2.45) is 17.8 Å². The van der Waals surface area contributed by atoms with Gasteiger partial charge in [-0.25, -0.2) is 0 Å². The Hall–Kier alpha value is -1.49. The maximum Gasteiger partial charge on any atom is 0.316 e. The van der Waals surface area contributed by atoms with Gasteiger partial charge >= 0.3 is 5.97 Å². The fourth-order valence-corrected chi connectivity index (χ4v) is 8.08. The van der Waals surface area contributed by atoms with Crippen molar-refractivity contribution in [3.05, 3.63) is 59.8 Å². The van der Waals surface area contributed by atoms with Crippen molar-refractivity contribution in [1.29, 1.82) is 0 Å². The van der Waals surface area contributed by atoms with Gasteiger partial charge in [-0.2, -0.15) is 0 Å². The van der Waals surface area contributed by atoms with Crippen LogP contribution in [0.4, 0.5) is 0 Å². The highest BCUT2D eigenvalue weighted by atomic mass is 35.5. The molecule has 5 aliphatic rings. The normalized spacial score (nSPS) is 46.8. The molecule has 0 amide bonds. The van der Waals surface area contributed by atoms with Crippen LogP contribution in [-0.2, 0) is 28.5 Å². The number of esters is 1. The molecule has 4 heterocycles. The number of hydrogen-bond acceptors (Lipinski definition) is 8. The number of fused-ring (bicyclic) bond motifs is 2. The molecular weight excluding hydrogens is 619 g/mol. The zero-order valence-corrected chi connectivity index (χ0v) is 28.4. The topological polar surface area (TPSA) is 104 Å². The van der Waals surface area contributed by atoms with E-state index < -0.39 is 65.3 Å². The third-order valence-electron chi connectivity index (χ3n) is 10.3. The summed E-state index contributed by atoms with van der Waals surface area (Å²) in [6.45, 7) is 16.2. The lowest BCUT2D eigenvalue weighted by atomic mass is 9.70. The van der Waals surface area contributed by atoms with Crippen LogP contribution in [0.25, 0.3) is 0 Å².